The average Bonchev–Trinajstić information content (AvgIpc) is 2.60. The van der Waals surface area contributed by atoms with E-state index >= 15 is 0 Å². The standard InChI is InChI=1S/C10H19N3O/c14-10-3-5-11-6-7-13(10)8-9-2-1-4-12-9/h9,11-12H,1-8H2. The molecule has 0 aromatic rings. The van der Waals surface area contributed by atoms with Gasteiger partial charge in [0.1, 0.15) is 0 Å². The van der Waals surface area contributed by atoms with Crippen molar-refractivity contribution in [2.75, 3.05) is 32.7 Å². The van der Waals surface area contributed by atoms with E-state index in [0.717, 1.165) is 32.7 Å². The molecule has 0 spiro atoms. The van der Waals surface area contributed by atoms with Gasteiger partial charge < -0.3 is 15.5 Å². The van der Waals surface area contributed by atoms with Crippen molar-refractivity contribution in [2.45, 2.75) is 25.3 Å². The Morgan fingerprint density at radius 2 is 2.29 bits per heavy atom. The molecule has 0 aromatic carbocycles. The third kappa shape index (κ3) is 2.45. The number of hydrogen-bond donors (Lipinski definition) is 2. The minimum Gasteiger partial charge on any atom is -0.340 e. The summed E-state index contributed by atoms with van der Waals surface area (Å²) in [5.41, 5.74) is 0. The Labute approximate surface area is 85.0 Å². The summed E-state index contributed by atoms with van der Waals surface area (Å²) in [6.07, 6.45) is 3.13. The van der Waals surface area contributed by atoms with Crippen LogP contribution in [-0.4, -0.2) is 49.6 Å². The van der Waals surface area contributed by atoms with Crippen LogP contribution in [0.3, 0.4) is 0 Å². The molecule has 14 heavy (non-hydrogen) atoms. The van der Waals surface area contributed by atoms with Crippen LogP contribution in [0.4, 0.5) is 0 Å². The van der Waals surface area contributed by atoms with Crippen LogP contribution in [0.1, 0.15) is 19.3 Å². The van der Waals surface area contributed by atoms with Gasteiger partial charge in [-0.05, 0) is 19.4 Å². The summed E-state index contributed by atoms with van der Waals surface area (Å²) in [7, 11) is 0. The molecule has 1 unspecified atom stereocenters. The number of nitrogens with one attached hydrogen (secondary N) is 2. The lowest BCUT2D eigenvalue weighted by atomic mass is 10.2. The van der Waals surface area contributed by atoms with Gasteiger partial charge in [-0.2, -0.15) is 0 Å². The third-order valence-corrected chi connectivity index (χ3v) is 3.03. The first-order valence-electron chi connectivity index (χ1n) is 5.58. The van der Waals surface area contributed by atoms with E-state index < -0.39 is 0 Å². The zero-order valence-corrected chi connectivity index (χ0v) is 8.59. The fraction of sp³-hybridized carbons (Fsp3) is 0.900. The molecule has 2 fully saturated rings. The Morgan fingerprint density at radius 3 is 3.07 bits per heavy atom. The Kier molecular flexibility index (Phi) is 3.37. The summed E-state index contributed by atoms with van der Waals surface area (Å²) in [5, 5.41) is 6.68. The molecule has 4 heteroatoms. The molecule has 1 atom stereocenters. The van der Waals surface area contributed by atoms with E-state index in [1.807, 2.05) is 4.90 Å². The van der Waals surface area contributed by atoms with Gasteiger partial charge in [0, 0.05) is 38.6 Å². The highest BCUT2D eigenvalue weighted by molar-refractivity contribution is 5.76. The fourth-order valence-electron chi connectivity index (χ4n) is 2.19. The van der Waals surface area contributed by atoms with Crippen LogP contribution in [0.2, 0.25) is 0 Å². The van der Waals surface area contributed by atoms with E-state index in [1.165, 1.54) is 12.8 Å². The monoisotopic (exact) mass is 197 g/mol. The van der Waals surface area contributed by atoms with E-state index in [9.17, 15) is 4.79 Å². The lowest BCUT2D eigenvalue weighted by Crippen LogP contribution is -2.41. The van der Waals surface area contributed by atoms with Crippen molar-refractivity contribution in [3.63, 3.8) is 0 Å². The molecule has 0 aromatic heterocycles. The predicted molar refractivity (Wildman–Crippen MR) is 55.1 cm³/mol. The van der Waals surface area contributed by atoms with Crippen LogP contribution in [0.15, 0.2) is 0 Å². The molecular weight excluding hydrogens is 178 g/mol. The van der Waals surface area contributed by atoms with E-state index in [-0.39, 0.29) is 0 Å². The van der Waals surface area contributed by atoms with Crippen molar-refractivity contribution in [1.82, 2.24) is 15.5 Å². The molecule has 80 valence electrons. The van der Waals surface area contributed by atoms with Gasteiger partial charge in [0.05, 0.1) is 0 Å². The van der Waals surface area contributed by atoms with Gasteiger partial charge in [-0.1, -0.05) is 0 Å². The molecule has 0 saturated carbocycles. The van der Waals surface area contributed by atoms with E-state index in [4.69, 9.17) is 0 Å². The van der Waals surface area contributed by atoms with Gasteiger partial charge in [0.15, 0.2) is 0 Å². The summed E-state index contributed by atoms with van der Waals surface area (Å²) in [6.45, 7) is 4.67. The zero-order chi connectivity index (χ0) is 9.80. The molecule has 2 N–H and O–H groups in total. The van der Waals surface area contributed by atoms with Crippen LogP contribution in [0, 0.1) is 0 Å². The van der Waals surface area contributed by atoms with Gasteiger partial charge >= 0.3 is 0 Å². The first kappa shape index (κ1) is 9.93. The Bertz CT molecular complexity index is 202. The van der Waals surface area contributed by atoms with Crippen molar-refractivity contribution in [3.05, 3.63) is 0 Å². The molecule has 2 saturated heterocycles. The maximum Gasteiger partial charge on any atom is 0.223 e. The molecular formula is C10H19N3O. The fourth-order valence-corrected chi connectivity index (χ4v) is 2.19. The largest absolute Gasteiger partial charge is 0.340 e. The van der Waals surface area contributed by atoms with Crippen LogP contribution in [-0.2, 0) is 4.79 Å². The average molecular weight is 197 g/mol. The van der Waals surface area contributed by atoms with Gasteiger partial charge in [-0.3, -0.25) is 4.79 Å². The lowest BCUT2D eigenvalue weighted by Gasteiger charge is -2.23. The molecule has 2 aliphatic rings. The topological polar surface area (TPSA) is 44.4 Å². The third-order valence-electron chi connectivity index (χ3n) is 3.03. The Hall–Kier alpha value is -0.610. The number of rotatable bonds is 2. The van der Waals surface area contributed by atoms with Crippen LogP contribution >= 0.6 is 0 Å². The number of carbonyl (C=O) groups excluding carboxylic acids is 1. The maximum atomic E-state index is 11.7. The quantitative estimate of drug-likeness (QED) is 0.631. The maximum absolute atomic E-state index is 11.7. The normalized spacial score (nSPS) is 29.3. The van der Waals surface area contributed by atoms with E-state index in [2.05, 4.69) is 10.6 Å². The van der Waals surface area contributed by atoms with Crippen LogP contribution in [0.5, 0.6) is 0 Å². The number of carbonyl (C=O) groups is 1. The minimum absolute atomic E-state index is 0.309. The van der Waals surface area contributed by atoms with Crippen molar-refractivity contribution in [1.29, 1.82) is 0 Å². The summed E-state index contributed by atoms with van der Waals surface area (Å²) >= 11 is 0. The van der Waals surface area contributed by atoms with Gasteiger partial charge in [-0.25, -0.2) is 0 Å². The van der Waals surface area contributed by atoms with Crippen molar-refractivity contribution in [3.8, 4) is 0 Å². The van der Waals surface area contributed by atoms with E-state index in [0.29, 0.717) is 18.4 Å². The second-order valence-corrected chi connectivity index (χ2v) is 4.13. The summed E-state index contributed by atoms with van der Waals surface area (Å²) in [4.78, 5) is 13.7. The number of amides is 1. The van der Waals surface area contributed by atoms with E-state index in [1.54, 1.807) is 0 Å². The summed E-state index contributed by atoms with van der Waals surface area (Å²) < 4.78 is 0. The highest BCUT2D eigenvalue weighted by Gasteiger charge is 2.22. The molecule has 1 amide bonds. The zero-order valence-electron chi connectivity index (χ0n) is 8.59. The number of nitrogens with zero attached hydrogens (tertiary/aromatic N) is 1. The van der Waals surface area contributed by atoms with Crippen molar-refractivity contribution < 1.29 is 4.79 Å². The second-order valence-electron chi connectivity index (χ2n) is 4.13. The van der Waals surface area contributed by atoms with Gasteiger partial charge in [0.25, 0.3) is 0 Å². The molecule has 0 bridgehead atoms. The Morgan fingerprint density at radius 1 is 1.36 bits per heavy atom. The smallest absolute Gasteiger partial charge is 0.223 e. The summed E-state index contributed by atoms with van der Waals surface area (Å²) in [6, 6.07) is 0.539. The first-order valence-corrected chi connectivity index (χ1v) is 5.58. The summed E-state index contributed by atoms with van der Waals surface area (Å²) in [5.74, 6) is 0.309. The molecule has 2 aliphatic heterocycles. The molecule has 4 nitrogen and oxygen atoms in total. The highest BCUT2D eigenvalue weighted by Crippen LogP contribution is 2.08. The first-order chi connectivity index (χ1) is 6.86. The number of hydrogen-bond acceptors (Lipinski definition) is 3. The van der Waals surface area contributed by atoms with Crippen LogP contribution < -0.4 is 10.6 Å². The van der Waals surface area contributed by atoms with Gasteiger partial charge in [0.2, 0.25) is 5.91 Å². The SMILES string of the molecule is O=C1CCNCCN1CC1CCCN1. The van der Waals surface area contributed by atoms with Crippen LogP contribution in [0.25, 0.3) is 0 Å². The van der Waals surface area contributed by atoms with Gasteiger partial charge in [-0.15, -0.1) is 0 Å². The Balaban J connectivity index is 1.84. The molecule has 2 heterocycles. The lowest BCUT2D eigenvalue weighted by molar-refractivity contribution is -0.130. The molecule has 0 aliphatic carbocycles. The highest BCUT2D eigenvalue weighted by atomic mass is 16.2. The van der Waals surface area contributed by atoms with Crippen molar-refractivity contribution in [2.24, 2.45) is 0 Å². The van der Waals surface area contributed by atoms with Crippen molar-refractivity contribution >= 4 is 5.91 Å². The molecule has 2 rings (SSSR count). The minimum atomic E-state index is 0.309. The molecule has 0 radical (unpaired) electrons. The predicted octanol–water partition coefficient (Wildman–Crippen LogP) is -0.440. The second kappa shape index (κ2) is 4.75.